The van der Waals surface area contributed by atoms with E-state index < -0.39 is 28.8 Å². The van der Waals surface area contributed by atoms with Crippen molar-refractivity contribution in [1.82, 2.24) is 20.3 Å². The van der Waals surface area contributed by atoms with Crippen molar-refractivity contribution in [2.45, 2.75) is 19.2 Å². The molecule has 30 heavy (non-hydrogen) atoms. The molecule has 160 valence electrons. The molecule has 8 nitrogen and oxygen atoms in total. The van der Waals surface area contributed by atoms with Crippen molar-refractivity contribution >= 4 is 17.6 Å². The maximum Gasteiger partial charge on any atom is 0.573 e. The van der Waals surface area contributed by atoms with E-state index in [1.54, 1.807) is 0 Å². The number of aromatic amines is 1. The fraction of sp³-hybridized carbons (Fsp3) is 0.389. The van der Waals surface area contributed by atoms with Crippen molar-refractivity contribution in [3.8, 4) is 29.2 Å². The summed E-state index contributed by atoms with van der Waals surface area (Å²) >= 11 is 5.98. The van der Waals surface area contributed by atoms with Crippen LogP contribution < -0.4 is 9.47 Å². The number of carboxylic acid groups (broad SMARTS) is 1. The van der Waals surface area contributed by atoms with E-state index in [-0.39, 0.29) is 23.1 Å². The summed E-state index contributed by atoms with van der Waals surface area (Å²) in [6.45, 7) is 1.67. The third kappa shape index (κ3) is 5.55. The Balaban J connectivity index is 1.95. The van der Waals surface area contributed by atoms with Crippen LogP contribution in [0.2, 0.25) is 5.02 Å². The summed E-state index contributed by atoms with van der Waals surface area (Å²) in [4.78, 5) is 13.3. The molecule has 3 rings (SSSR count). The number of aromatic carboxylic acids is 1. The number of hydrogen-bond donors (Lipinski definition) is 2. The Labute approximate surface area is 173 Å². The number of aromatic nitrogens is 3. The maximum absolute atomic E-state index is 12.8. The molecule has 1 aromatic heterocycles. The Kier molecular flexibility index (Phi) is 6.38. The van der Waals surface area contributed by atoms with E-state index in [2.05, 4.69) is 36.9 Å². The van der Waals surface area contributed by atoms with Crippen LogP contribution in [0, 0.1) is 17.8 Å². The molecule has 0 amide bonds. The highest BCUT2D eigenvalue weighted by molar-refractivity contribution is 6.32. The topological polar surface area (TPSA) is 101 Å². The predicted molar refractivity (Wildman–Crippen MR) is 98.7 cm³/mol. The van der Waals surface area contributed by atoms with E-state index in [1.807, 2.05) is 7.05 Å². The number of halogens is 4. The third-order valence-electron chi connectivity index (χ3n) is 4.31. The third-order valence-corrected chi connectivity index (χ3v) is 4.59. The summed E-state index contributed by atoms with van der Waals surface area (Å²) < 4.78 is 47.9. The van der Waals surface area contributed by atoms with Crippen molar-refractivity contribution in [1.29, 1.82) is 0 Å². The number of nitrogens with one attached hydrogen (secondary N) is 1. The average molecular weight is 445 g/mol. The van der Waals surface area contributed by atoms with Crippen molar-refractivity contribution in [3.05, 3.63) is 28.4 Å². The quantitative estimate of drug-likeness (QED) is 0.695. The molecular formula is C18H16ClF3N4O4. The highest BCUT2D eigenvalue weighted by Gasteiger charge is 2.33. The van der Waals surface area contributed by atoms with E-state index in [4.69, 9.17) is 21.4 Å². The number of H-pyrrole nitrogens is 1. The number of ether oxygens (including phenoxy) is 2. The summed E-state index contributed by atoms with van der Waals surface area (Å²) in [7, 11) is 1.98. The zero-order valence-electron chi connectivity index (χ0n) is 15.6. The van der Waals surface area contributed by atoms with Gasteiger partial charge in [-0.3, -0.25) is 0 Å². The summed E-state index contributed by atoms with van der Waals surface area (Å²) in [5.41, 5.74) is -0.574. The first kappa shape index (κ1) is 21.7. The van der Waals surface area contributed by atoms with Crippen LogP contribution in [0.4, 0.5) is 13.2 Å². The fourth-order valence-corrected chi connectivity index (χ4v) is 3.06. The van der Waals surface area contributed by atoms with Crippen LogP contribution in [0.25, 0.3) is 0 Å². The first-order valence-corrected chi connectivity index (χ1v) is 9.11. The number of alkyl halides is 3. The van der Waals surface area contributed by atoms with Crippen LogP contribution in [0.1, 0.15) is 28.9 Å². The molecule has 2 aromatic rings. The van der Waals surface area contributed by atoms with Crippen LogP contribution in [0.5, 0.6) is 17.4 Å². The van der Waals surface area contributed by atoms with Crippen LogP contribution in [-0.2, 0) is 0 Å². The van der Waals surface area contributed by atoms with Gasteiger partial charge in [-0.2, -0.15) is 0 Å². The van der Waals surface area contributed by atoms with Gasteiger partial charge in [-0.1, -0.05) is 33.8 Å². The summed E-state index contributed by atoms with van der Waals surface area (Å²) in [6, 6.07) is 2.22. The normalized spacial score (nSPS) is 15.4. The van der Waals surface area contributed by atoms with E-state index in [1.165, 1.54) is 6.07 Å². The predicted octanol–water partition coefficient (Wildman–Crippen LogP) is 3.54. The van der Waals surface area contributed by atoms with Gasteiger partial charge in [0.1, 0.15) is 5.75 Å². The number of carbonyl (C=O) groups is 1. The lowest BCUT2D eigenvalue weighted by Gasteiger charge is -2.25. The monoisotopic (exact) mass is 444 g/mol. The van der Waals surface area contributed by atoms with Gasteiger partial charge in [0, 0.05) is 18.1 Å². The smallest absolute Gasteiger partial charge is 0.476 e. The molecule has 1 aromatic carbocycles. The number of likely N-dealkylation sites (tertiary alicyclic amines) is 1. The molecule has 1 fully saturated rings. The second kappa shape index (κ2) is 8.81. The lowest BCUT2D eigenvalue weighted by molar-refractivity contribution is -0.274. The summed E-state index contributed by atoms with van der Waals surface area (Å²) in [5, 5.41) is 17.6. The average Bonchev–Trinajstić information content (AvgIpc) is 3.11. The number of hydrogen-bond acceptors (Lipinski definition) is 6. The lowest BCUT2D eigenvalue weighted by Crippen LogP contribution is -2.29. The van der Waals surface area contributed by atoms with E-state index in [0.29, 0.717) is 0 Å². The summed E-state index contributed by atoms with van der Waals surface area (Å²) in [6.07, 6.45) is -3.41. The molecule has 1 aliphatic rings. The number of benzene rings is 1. The number of nitrogens with zero attached hydrogens (tertiary/aromatic N) is 3. The van der Waals surface area contributed by atoms with Gasteiger partial charge in [0.25, 0.3) is 5.88 Å². The molecule has 0 radical (unpaired) electrons. The Hall–Kier alpha value is -2.97. The zero-order chi connectivity index (χ0) is 21.9. The second-order valence-corrected chi connectivity index (χ2v) is 6.98. The Morgan fingerprint density at radius 3 is 2.70 bits per heavy atom. The molecule has 0 aliphatic carbocycles. The minimum absolute atomic E-state index is 0.0115. The van der Waals surface area contributed by atoms with Gasteiger partial charge in [0.2, 0.25) is 5.69 Å². The molecule has 1 saturated heterocycles. The van der Waals surface area contributed by atoms with E-state index >= 15 is 0 Å². The van der Waals surface area contributed by atoms with Gasteiger partial charge in [0.15, 0.2) is 5.75 Å². The fourth-order valence-electron chi connectivity index (χ4n) is 2.81. The van der Waals surface area contributed by atoms with Gasteiger partial charge < -0.3 is 19.5 Å². The molecule has 1 aliphatic heterocycles. The van der Waals surface area contributed by atoms with Crippen LogP contribution in [0.3, 0.4) is 0 Å². The molecule has 0 saturated carbocycles. The summed E-state index contributed by atoms with van der Waals surface area (Å²) in [5.74, 6) is 3.19. The van der Waals surface area contributed by atoms with Gasteiger partial charge in [-0.15, -0.1) is 13.2 Å². The minimum atomic E-state index is -4.97. The molecule has 0 bridgehead atoms. The second-order valence-electron chi connectivity index (χ2n) is 6.58. The van der Waals surface area contributed by atoms with Gasteiger partial charge in [-0.25, -0.2) is 9.89 Å². The Morgan fingerprint density at radius 1 is 1.37 bits per heavy atom. The molecule has 0 atom stereocenters. The number of carboxylic acids is 1. The molecular weight excluding hydrogens is 429 g/mol. The first-order chi connectivity index (χ1) is 14.1. The molecule has 2 N–H and O–H groups in total. The first-order valence-electron chi connectivity index (χ1n) is 8.74. The van der Waals surface area contributed by atoms with E-state index in [0.717, 1.165) is 32.0 Å². The van der Waals surface area contributed by atoms with Gasteiger partial charge >= 0.3 is 12.3 Å². The van der Waals surface area contributed by atoms with Crippen LogP contribution in [-0.4, -0.2) is 57.9 Å². The van der Waals surface area contributed by atoms with Crippen molar-refractivity contribution in [2.24, 2.45) is 5.92 Å². The molecule has 12 heteroatoms. The number of piperidine rings is 1. The minimum Gasteiger partial charge on any atom is -0.476 e. The highest BCUT2D eigenvalue weighted by Crippen LogP contribution is 2.38. The maximum atomic E-state index is 12.8. The Bertz CT molecular complexity index is 992. The van der Waals surface area contributed by atoms with E-state index in [9.17, 15) is 18.0 Å². The SMILES string of the molecule is CN1CCC(C#Cc2cc(Oc3nn[nH]c3C(=O)O)cc(Cl)c2OC(F)(F)F)CC1. The van der Waals surface area contributed by atoms with Gasteiger partial charge in [0.05, 0.1) is 10.6 Å². The largest absolute Gasteiger partial charge is 0.573 e. The molecule has 2 heterocycles. The standard InChI is InChI=1S/C18H16ClF3N4O4/c1-26-6-4-10(5-7-26)2-3-11-8-12(9-13(19)15(11)30-18(20,21)22)29-16-14(17(27)28)23-25-24-16/h8-10H,4-7H2,1H3,(H,27,28)(H,23,24,25). The lowest BCUT2D eigenvalue weighted by atomic mass is 9.97. The van der Waals surface area contributed by atoms with Crippen molar-refractivity contribution < 1.29 is 32.5 Å². The van der Waals surface area contributed by atoms with Gasteiger partial charge in [-0.05, 0) is 33.0 Å². The zero-order valence-corrected chi connectivity index (χ0v) is 16.3. The highest BCUT2D eigenvalue weighted by atomic mass is 35.5. The van der Waals surface area contributed by atoms with Crippen LogP contribution in [0.15, 0.2) is 12.1 Å². The van der Waals surface area contributed by atoms with Crippen molar-refractivity contribution in [2.75, 3.05) is 20.1 Å². The van der Waals surface area contributed by atoms with Crippen molar-refractivity contribution in [3.63, 3.8) is 0 Å². The molecule has 0 unspecified atom stereocenters. The molecule has 0 spiro atoms. The van der Waals surface area contributed by atoms with Crippen LogP contribution >= 0.6 is 11.6 Å². The number of rotatable bonds is 4. The Morgan fingerprint density at radius 2 is 2.07 bits per heavy atom.